The summed E-state index contributed by atoms with van der Waals surface area (Å²) in [4.78, 5) is 2.49. The molecule has 0 amide bonds. The number of hydrogen-bond acceptors (Lipinski definition) is 4. The summed E-state index contributed by atoms with van der Waals surface area (Å²) in [5.74, 6) is 0. The third-order valence-electron chi connectivity index (χ3n) is 1.33. The van der Waals surface area contributed by atoms with Gasteiger partial charge in [-0.05, 0) is 11.6 Å². The molecule has 0 bridgehead atoms. The van der Waals surface area contributed by atoms with Crippen LogP contribution in [0.5, 0.6) is 0 Å². The second kappa shape index (κ2) is 4.61. The maximum Gasteiger partial charge on any atom is 0.257 e. The number of aromatic nitrogens is 2. The fourth-order valence-electron chi connectivity index (χ4n) is 0.745. The van der Waals surface area contributed by atoms with Crippen molar-refractivity contribution in [2.24, 2.45) is 5.11 Å². The van der Waals surface area contributed by atoms with E-state index in [1.54, 1.807) is 0 Å². The van der Waals surface area contributed by atoms with Gasteiger partial charge in [-0.1, -0.05) is 5.11 Å². The largest absolute Gasteiger partial charge is 0.266 e. The van der Waals surface area contributed by atoms with Gasteiger partial charge in [0.25, 0.3) is 10.0 Å². The lowest BCUT2D eigenvalue weighted by Gasteiger charge is -2.00. The van der Waals surface area contributed by atoms with Gasteiger partial charge in [0, 0.05) is 18.0 Å². The molecule has 0 aromatic carbocycles. The molecular weight excluding hydrogens is 208 g/mol. The molecule has 0 atom stereocenters. The van der Waals surface area contributed by atoms with Crippen molar-refractivity contribution in [3.63, 3.8) is 0 Å². The molecule has 8 nitrogen and oxygen atoms in total. The molecule has 0 aliphatic carbocycles. The van der Waals surface area contributed by atoms with Gasteiger partial charge in [-0.25, -0.2) is 13.1 Å². The fraction of sp³-hybridized carbons (Fsp3) is 0.400. The molecule has 0 saturated carbocycles. The van der Waals surface area contributed by atoms with Gasteiger partial charge >= 0.3 is 0 Å². The minimum absolute atomic E-state index is 0.0153. The predicted molar refractivity (Wildman–Crippen MR) is 47.8 cm³/mol. The monoisotopic (exact) mass is 216 g/mol. The van der Waals surface area contributed by atoms with E-state index in [1.165, 1.54) is 12.3 Å². The summed E-state index contributed by atoms with van der Waals surface area (Å²) in [5, 5.41) is 8.99. The van der Waals surface area contributed by atoms with Crippen LogP contribution >= 0.6 is 0 Å². The highest BCUT2D eigenvalue weighted by Gasteiger charge is 2.13. The lowest BCUT2D eigenvalue weighted by Crippen LogP contribution is -2.26. The average Bonchev–Trinajstić information content (AvgIpc) is 2.65. The first-order valence-electron chi connectivity index (χ1n) is 3.67. The number of sulfonamides is 1. The van der Waals surface area contributed by atoms with E-state index >= 15 is 0 Å². The van der Waals surface area contributed by atoms with Gasteiger partial charge in [-0.15, -0.1) is 0 Å². The maximum atomic E-state index is 11.3. The van der Waals surface area contributed by atoms with Crippen LogP contribution in [0.1, 0.15) is 0 Å². The van der Waals surface area contributed by atoms with Crippen molar-refractivity contribution in [3.8, 4) is 0 Å². The molecule has 1 heterocycles. The number of nitrogens with one attached hydrogen (secondary N) is 2. The first kappa shape index (κ1) is 10.5. The normalized spacial score (nSPS) is 10.9. The summed E-state index contributed by atoms with van der Waals surface area (Å²) >= 11 is 0. The minimum atomic E-state index is -3.55. The Bertz CT molecular complexity index is 417. The molecule has 14 heavy (non-hydrogen) atoms. The second-order valence-electron chi connectivity index (χ2n) is 2.27. The van der Waals surface area contributed by atoms with Crippen LogP contribution < -0.4 is 4.72 Å². The minimum Gasteiger partial charge on any atom is -0.266 e. The Morgan fingerprint density at radius 2 is 2.50 bits per heavy atom. The van der Waals surface area contributed by atoms with E-state index < -0.39 is 10.0 Å². The summed E-state index contributed by atoms with van der Waals surface area (Å²) < 4.78 is 24.9. The van der Waals surface area contributed by atoms with Crippen molar-refractivity contribution in [3.05, 3.63) is 22.7 Å². The van der Waals surface area contributed by atoms with E-state index in [9.17, 15) is 8.42 Å². The zero-order chi connectivity index (χ0) is 10.4. The molecule has 0 aliphatic rings. The van der Waals surface area contributed by atoms with Crippen LogP contribution in [0.4, 0.5) is 0 Å². The predicted octanol–water partition coefficient (Wildman–Crippen LogP) is -0.00170. The molecule has 1 aromatic rings. The van der Waals surface area contributed by atoms with Crippen molar-refractivity contribution < 1.29 is 8.42 Å². The molecule has 1 rings (SSSR count). The number of rotatable bonds is 5. The molecule has 9 heteroatoms. The Balaban J connectivity index is 2.56. The highest BCUT2D eigenvalue weighted by molar-refractivity contribution is 7.89. The lowest BCUT2D eigenvalue weighted by molar-refractivity contribution is 0.578. The van der Waals surface area contributed by atoms with Crippen molar-refractivity contribution in [2.45, 2.75) is 5.03 Å². The van der Waals surface area contributed by atoms with E-state index in [0.717, 1.165) is 0 Å². The summed E-state index contributed by atoms with van der Waals surface area (Å²) in [7, 11) is -3.55. The number of H-pyrrole nitrogens is 1. The van der Waals surface area contributed by atoms with Gasteiger partial charge in [-0.3, -0.25) is 5.10 Å². The van der Waals surface area contributed by atoms with Gasteiger partial charge in [0.15, 0.2) is 5.03 Å². The first-order valence-corrected chi connectivity index (χ1v) is 5.15. The zero-order valence-corrected chi connectivity index (χ0v) is 7.90. The molecule has 0 unspecified atom stereocenters. The molecule has 0 aliphatic heterocycles. The Labute approximate surface area is 80.0 Å². The topological polar surface area (TPSA) is 124 Å². The number of aromatic amines is 1. The van der Waals surface area contributed by atoms with Crippen molar-refractivity contribution in [2.75, 3.05) is 13.1 Å². The smallest absolute Gasteiger partial charge is 0.257 e. The van der Waals surface area contributed by atoms with Gasteiger partial charge in [0.2, 0.25) is 0 Å². The van der Waals surface area contributed by atoms with Crippen LogP contribution in [0.3, 0.4) is 0 Å². The van der Waals surface area contributed by atoms with Crippen LogP contribution in [0.2, 0.25) is 0 Å². The molecule has 0 saturated heterocycles. The third-order valence-corrected chi connectivity index (χ3v) is 2.72. The Morgan fingerprint density at radius 1 is 1.71 bits per heavy atom. The fourth-order valence-corrected chi connectivity index (χ4v) is 1.67. The van der Waals surface area contributed by atoms with Crippen LogP contribution in [-0.2, 0) is 10.0 Å². The van der Waals surface area contributed by atoms with Crippen molar-refractivity contribution in [1.29, 1.82) is 0 Å². The summed E-state index contributed by atoms with van der Waals surface area (Å²) in [5.41, 5.74) is 7.94. The third kappa shape index (κ3) is 2.73. The molecule has 0 spiro atoms. The van der Waals surface area contributed by atoms with E-state index in [-0.39, 0.29) is 18.1 Å². The van der Waals surface area contributed by atoms with Gasteiger partial charge in [-0.2, -0.15) is 5.10 Å². The first-order chi connectivity index (χ1) is 6.67. The molecule has 76 valence electrons. The maximum absolute atomic E-state index is 11.3. The standard InChI is InChI=1S/C5H8N6O2S/c6-11-8-3-4-9-14(12,13)5-1-2-7-10-5/h1-2,9H,3-4H2,(H,7,10). The van der Waals surface area contributed by atoms with E-state index in [2.05, 4.69) is 24.9 Å². The summed E-state index contributed by atoms with van der Waals surface area (Å²) in [6, 6.07) is 1.33. The molecule has 2 N–H and O–H groups in total. The zero-order valence-electron chi connectivity index (χ0n) is 7.08. The average molecular weight is 216 g/mol. The Morgan fingerprint density at radius 3 is 3.07 bits per heavy atom. The molecular formula is C5H8N6O2S. The second-order valence-corrected chi connectivity index (χ2v) is 4.01. The van der Waals surface area contributed by atoms with Crippen LogP contribution in [0.15, 0.2) is 22.4 Å². The summed E-state index contributed by atoms with van der Waals surface area (Å²) in [6.07, 6.45) is 1.34. The number of azide groups is 1. The lowest BCUT2D eigenvalue weighted by atomic mass is 10.7. The molecule has 0 fully saturated rings. The van der Waals surface area contributed by atoms with Crippen molar-refractivity contribution >= 4 is 10.0 Å². The quantitative estimate of drug-likeness (QED) is 0.311. The van der Waals surface area contributed by atoms with Gasteiger partial charge in [0.05, 0.1) is 6.20 Å². The molecule has 1 aromatic heterocycles. The van der Waals surface area contributed by atoms with Gasteiger partial charge < -0.3 is 0 Å². The summed E-state index contributed by atoms with van der Waals surface area (Å²) in [6.45, 7) is 0.134. The Kier molecular flexibility index (Phi) is 3.46. The van der Waals surface area contributed by atoms with Crippen LogP contribution in [-0.4, -0.2) is 31.7 Å². The van der Waals surface area contributed by atoms with E-state index in [4.69, 9.17) is 5.53 Å². The van der Waals surface area contributed by atoms with E-state index in [1.807, 2.05) is 0 Å². The Hall–Kier alpha value is -1.57. The molecule has 0 radical (unpaired) electrons. The number of hydrogen-bond donors (Lipinski definition) is 2. The van der Waals surface area contributed by atoms with E-state index in [0.29, 0.717) is 0 Å². The van der Waals surface area contributed by atoms with Crippen molar-refractivity contribution in [1.82, 2.24) is 14.9 Å². The highest BCUT2D eigenvalue weighted by atomic mass is 32.2. The van der Waals surface area contributed by atoms with Crippen LogP contribution in [0, 0.1) is 0 Å². The SMILES string of the molecule is [N-]=[N+]=NCCNS(=O)(=O)c1ccn[nH]1. The van der Waals surface area contributed by atoms with Crippen LogP contribution in [0.25, 0.3) is 10.4 Å². The highest BCUT2D eigenvalue weighted by Crippen LogP contribution is 2.00. The number of nitrogens with zero attached hydrogens (tertiary/aromatic N) is 4. The van der Waals surface area contributed by atoms with Gasteiger partial charge in [0.1, 0.15) is 0 Å².